The van der Waals surface area contributed by atoms with E-state index in [-0.39, 0.29) is 29.2 Å². The number of rotatable bonds is 16. The summed E-state index contributed by atoms with van der Waals surface area (Å²) in [5.74, 6) is -2.38. The van der Waals surface area contributed by atoms with Crippen molar-refractivity contribution in [1.82, 2.24) is 14.7 Å². The van der Waals surface area contributed by atoms with Gasteiger partial charge >= 0.3 is 0 Å². The van der Waals surface area contributed by atoms with Gasteiger partial charge in [0.25, 0.3) is 0 Å². The molecule has 2 bridgehead atoms. The van der Waals surface area contributed by atoms with Gasteiger partial charge in [-0.15, -0.1) is 13.2 Å². The average molecular weight is 693 g/mol. The highest BCUT2D eigenvalue weighted by Gasteiger charge is 2.77. The summed E-state index contributed by atoms with van der Waals surface area (Å²) in [4.78, 5) is 48.9. The van der Waals surface area contributed by atoms with Crippen molar-refractivity contribution < 1.29 is 24.2 Å². The molecular weight excluding hydrogens is 646 g/mol. The minimum absolute atomic E-state index is 0.194. The third kappa shape index (κ3) is 6.46. The lowest BCUT2D eigenvalue weighted by atomic mass is 9.70. The molecule has 0 saturated carbocycles. The molecule has 0 radical (unpaired) electrons. The smallest absolute Gasteiger partial charge is 0.248 e. The fraction of sp³-hybridized carbons (Fsp3) is 0.486. The Morgan fingerprint density at radius 3 is 2.26 bits per heavy atom. The molecule has 1 N–H and O–H groups in total. The maximum absolute atomic E-state index is 14.8. The van der Waals surface area contributed by atoms with Gasteiger partial charge in [-0.25, -0.2) is 0 Å². The monoisotopic (exact) mass is 691 g/mol. The number of amides is 3. The summed E-state index contributed by atoms with van der Waals surface area (Å²) >= 11 is 3.80. The number of benzene rings is 2. The van der Waals surface area contributed by atoms with Crippen LogP contribution in [0.25, 0.3) is 0 Å². The first kappa shape index (κ1) is 34.1. The standard InChI is InChI=1S/C37H46BrN3O5/c1-4-7-14-21-39(19-5-2)36(45)33-37-23-29(38)32(46-37)30(34(43)40(20-6-3)24-27-17-12-9-13-18-27)31(37)35(44)41(33)28(25-42)22-26-15-10-8-11-16-26/h5-6,8-13,15-18,28-33,42H,2-4,7,14,19-25H2,1H3/t28-,29?,30+,31+,32+,33?,37?/m1/s1. The van der Waals surface area contributed by atoms with Crippen LogP contribution in [0, 0.1) is 11.8 Å². The number of carbonyl (C=O) groups is 3. The maximum atomic E-state index is 14.8. The summed E-state index contributed by atoms with van der Waals surface area (Å²) in [6.45, 7) is 11.1. The van der Waals surface area contributed by atoms with Gasteiger partial charge in [0.1, 0.15) is 11.6 Å². The predicted molar refractivity (Wildman–Crippen MR) is 182 cm³/mol. The number of fused-ring (bicyclic) bond motifs is 1. The molecule has 3 aliphatic rings. The number of hydrogen-bond donors (Lipinski definition) is 1. The van der Waals surface area contributed by atoms with E-state index in [1.807, 2.05) is 60.7 Å². The van der Waals surface area contributed by atoms with Crippen LogP contribution in [-0.2, 0) is 32.1 Å². The van der Waals surface area contributed by atoms with E-state index in [0.717, 1.165) is 30.4 Å². The molecule has 3 aliphatic heterocycles. The second kappa shape index (κ2) is 15.1. The van der Waals surface area contributed by atoms with Crippen molar-refractivity contribution in [2.45, 2.75) is 74.2 Å². The Labute approximate surface area is 281 Å². The summed E-state index contributed by atoms with van der Waals surface area (Å²) in [7, 11) is 0. The van der Waals surface area contributed by atoms with Gasteiger partial charge in [-0.3, -0.25) is 14.4 Å². The SMILES string of the molecule is C=CCN(CCCCC)C(=O)C1N([C@@H](CO)Cc2ccccc2)C(=O)[C@@H]2[C@H](C(=O)N(CC=C)Cc3ccccc3)[C@H]3OC12CC3Br. The average Bonchev–Trinajstić information content (AvgIpc) is 3.66. The third-order valence-electron chi connectivity index (χ3n) is 9.73. The van der Waals surface area contributed by atoms with E-state index in [2.05, 4.69) is 36.0 Å². The number of likely N-dealkylation sites (tertiary alicyclic amines) is 1. The number of alkyl halides is 1. The number of aliphatic hydroxyl groups excluding tert-OH is 1. The van der Waals surface area contributed by atoms with Crippen LogP contribution in [0.5, 0.6) is 0 Å². The predicted octanol–water partition coefficient (Wildman–Crippen LogP) is 4.76. The number of nitrogens with zero attached hydrogens (tertiary/aromatic N) is 3. The lowest BCUT2D eigenvalue weighted by Crippen LogP contribution is -2.59. The van der Waals surface area contributed by atoms with Crippen molar-refractivity contribution in [1.29, 1.82) is 0 Å². The molecule has 3 amide bonds. The van der Waals surface area contributed by atoms with Crippen molar-refractivity contribution >= 4 is 33.7 Å². The molecule has 1 spiro atoms. The molecule has 2 aromatic carbocycles. The minimum Gasteiger partial charge on any atom is -0.394 e. The van der Waals surface area contributed by atoms with E-state index in [1.54, 1.807) is 26.9 Å². The summed E-state index contributed by atoms with van der Waals surface area (Å²) in [5.41, 5.74) is 0.695. The van der Waals surface area contributed by atoms with Crippen LogP contribution >= 0.6 is 15.9 Å². The van der Waals surface area contributed by atoms with Crippen LogP contribution in [0.4, 0.5) is 0 Å². The second-order valence-electron chi connectivity index (χ2n) is 12.7. The van der Waals surface area contributed by atoms with Gasteiger partial charge in [-0.2, -0.15) is 0 Å². The summed E-state index contributed by atoms with van der Waals surface area (Å²) in [6, 6.07) is 17.7. The largest absolute Gasteiger partial charge is 0.394 e. The van der Waals surface area contributed by atoms with E-state index in [9.17, 15) is 19.5 Å². The number of unbranched alkanes of at least 4 members (excludes halogenated alkanes) is 2. The molecule has 9 heteroatoms. The molecule has 2 aromatic rings. The van der Waals surface area contributed by atoms with Crippen LogP contribution in [0.1, 0.15) is 43.7 Å². The Balaban J connectivity index is 1.56. The fourth-order valence-electron chi connectivity index (χ4n) is 7.74. The summed E-state index contributed by atoms with van der Waals surface area (Å²) < 4.78 is 6.80. The number of halogens is 1. The number of hydrogen-bond acceptors (Lipinski definition) is 5. The first-order chi connectivity index (χ1) is 22.3. The molecule has 5 rings (SSSR count). The van der Waals surface area contributed by atoms with Gasteiger partial charge in [-0.1, -0.05) is 109 Å². The van der Waals surface area contributed by atoms with E-state index in [0.29, 0.717) is 39.0 Å². The third-order valence-corrected chi connectivity index (χ3v) is 10.6. The van der Waals surface area contributed by atoms with Crippen LogP contribution in [-0.4, -0.2) is 92.4 Å². The number of carbonyl (C=O) groups excluding carboxylic acids is 3. The van der Waals surface area contributed by atoms with E-state index >= 15 is 0 Å². The zero-order valence-corrected chi connectivity index (χ0v) is 28.3. The van der Waals surface area contributed by atoms with Crippen molar-refractivity contribution in [2.75, 3.05) is 26.2 Å². The first-order valence-electron chi connectivity index (χ1n) is 16.4. The topological polar surface area (TPSA) is 90.4 Å². The Hall–Kier alpha value is -3.27. The molecule has 0 aromatic heterocycles. The lowest BCUT2D eigenvalue weighted by Gasteiger charge is -2.39. The highest BCUT2D eigenvalue weighted by molar-refractivity contribution is 9.09. The van der Waals surface area contributed by atoms with E-state index < -0.39 is 35.6 Å². The Kier molecular flexibility index (Phi) is 11.2. The molecule has 3 fully saturated rings. The fourth-order valence-corrected chi connectivity index (χ4v) is 8.68. The maximum Gasteiger partial charge on any atom is 0.248 e. The van der Waals surface area contributed by atoms with Crippen molar-refractivity contribution in [2.24, 2.45) is 11.8 Å². The quantitative estimate of drug-likeness (QED) is 0.156. The molecule has 3 saturated heterocycles. The van der Waals surface area contributed by atoms with Crippen LogP contribution in [0.15, 0.2) is 86.0 Å². The van der Waals surface area contributed by atoms with Gasteiger partial charge in [0.15, 0.2) is 0 Å². The van der Waals surface area contributed by atoms with Crippen molar-refractivity contribution in [3.05, 3.63) is 97.1 Å². The second-order valence-corrected chi connectivity index (χ2v) is 13.9. The van der Waals surface area contributed by atoms with Crippen LogP contribution in [0.2, 0.25) is 0 Å². The molecule has 7 atom stereocenters. The number of ether oxygens (including phenoxy) is 1. The van der Waals surface area contributed by atoms with Gasteiger partial charge in [-0.05, 0) is 30.4 Å². The number of aliphatic hydroxyl groups is 1. The van der Waals surface area contributed by atoms with Gasteiger partial charge < -0.3 is 24.5 Å². The zero-order valence-electron chi connectivity index (χ0n) is 26.7. The van der Waals surface area contributed by atoms with E-state index in [1.165, 1.54) is 0 Å². The van der Waals surface area contributed by atoms with Crippen LogP contribution < -0.4 is 0 Å². The van der Waals surface area contributed by atoms with E-state index in [4.69, 9.17) is 4.74 Å². The van der Waals surface area contributed by atoms with Crippen LogP contribution in [0.3, 0.4) is 0 Å². The summed E-state index contributed by atoms with van der Waals surface area (Å²) in [6.07, 6.45) is 6.39. The van der Waals surface area contributed by atoms with Gasteiger partial charge in [0.2, 0.25) is 17.7 Å². The highest BCUT2D eigenvalue weighted by Crippen LogP contribution is 2.61. The molecular formula is C37H46BrN3O5. The Bertz CT molecular complexity index is 1390. The van der Waals surface area contributed by atoms with Gasteiger partial charge in [0, 0.05) is 31.0 Å². The Morgan fingerprint density at radius 1 is 1.02 bits per heavy atom. The summed E-state index contributed by atoms with van der Waals surface area (Å²) in [5, 5.41) is 10.8. The highest BCUT2D eigenvalue weighted by atomic mass is 79.9. The minimum atomic E-state index is -1.21. The normalized spacial score (nSPS) is 26.9. The first-order valence-corrected chi connectivity index (χ1v) is 17.3. The molecule has 3 heterocycles. The van der Waals surface area contributed by atoms with Crippen molar-refractivity contribution in [3.63, 3.8) is 0 Å². The zero-order chi connectivity index (χ0) is 32.8. The molecule has 3 unspecified atom stereocenters. The molecule has 0 aliphatic carbocycles. The molecule has 8 nitrogen and oxygen atoms in total. The Morgan fingerprint density at radius 2 is 1.65 bits per heavy atom. The molecule has 46 heavy (non-hydrogen) atoms. The molecule has 246 valence electrons. The lowest BCUT2D eigenvalue weighted by molar-refractivity contribution is -0.151. The van der Waals surface area contributed by atoms with Crippen molar-refractivity contribution in [3.8, 4) is 0 Å². The van der Waals surface area contributed by atoms with Gasteiger partial charge in [0.05, 0.1) is 30.6 Å².